The van der Waals surface area contributed by atoms with Crippen LogP contribution in [-0.2, 0) is 4.79 Å². The summed E-state index contributed by atoms with van der Waals surface area (Å²) in [4.78, 5) is 14.8. The van der Waals surface area contributed by atoms with E-state index in [0.717, 1.165) is 11.4 Å². The van der Waals surface area contributed by atoms with Gasteiger partial charge in [0.1, 0.15) is 5.82 Å². The van der Waals surface area contributed by atoms with Crippen molar-refractivity contribution in [1.82, 2.24) is 10.2 Å². The van der Waals surface area contributed by atoms with Crippen LogP contribution in [0.4, 0.5) is 4.39 Å². The van der Waals surface area contributed by atoms with Gasteiger partial charge in [0.05, 0.1) is 0 Å². The lowest BCUT2D eigenvalue weighted by atomic mass is 10.2. The minimum absolute atomic E-state index is 0. The van der Waals surface area contributed by atoms with Gasteiger partial charge in [-0.15, -0.1) is 24.2 Å². The molecule has 0 spiro atoms. The maximum absolute atomic E-state index is 12.8. The van der Waals surface area contributed by atoms with E-state index < -0.39 is 0 Å². The van der Waals surface area contributed by atoms with Crippen LogP contribution in [0.1, 0.15) is 6.92 Å². The van der Waals surface area contributed by atoms with E-state index in [1.807, 2.05) is 21.0 Å². The average molecular weight is 321 g/mol. The van der Waals surface area contributed by atoms with Crippen molar-refractivity contribution in [2.75, 3.05) is 32.9 Å². The summed E-state index contributed by atoms with van der Waals surface area (Å²) in [5.41, 5.74) is 0. The third kappa shape index (κ3) is 6.59. The molecular formula is C14H22ClFN2OS. The number of nitrogens with one attached hydrogen (secondary N) is 1. The Balaban J connectivity index is 0.00000361. The number of rotatable bonds is 7. The van der Waals surface area contributed by atoms with E-state index >= 15 is 0 Å². The predicted molar refractivity (Wildman–Crippen MR) is 85.1 cm³/mol. The zero-order valence-corrected chi connectivity index (χ0v) is 13.7. The van der Waals surface area contributed by atoms with Crippen molar-refractivity contribution in [2.24, 2.45) is 5.92 Å². The highest BCUT2D eigenvalue weighted by atomic mass is 35.5. The van der Waals surface area contributed by atoms with Crippen LogP contribution >= 0.6 is 24.2 Å². The molecule has 0 aromatic heterocycles. The number of carbonyl (C=O) groups excluding carboxylic acids is 1. The number of likely N-dealkylation sites (N-methyl/N-ethyl adjacent to an activating group) is 2. The van der Waals surface area contributed by atoms with Crippen LogP contribution in [0.2, 0.25) is 0 Å². The van der Waals surface area contributed by atoms with Gasteiger partial charge in [-0.25, -0.2) is 4.39 Å². The second kappa shape index (κ2) is 10.0. The van der Waals surface area contributed by atoms with Crippen molar-refractivity contribution in [3.05, 3.63) is 30.1 Å². The normalized spacial score (nSPS) is 11.6. The number of amides is 1. The third-order valence-corrected chi connectivity index (χ3v) is 4.08. The van der Waals surface area contributed by atoms with Gasteiger partial charge in [-0.1, -0.05) is 6.92 Å². The van der Waals surface area contributed by atoms with Gasteiger partial charge in [-0.2, -0.15) is 0 Å². The van der Waals surface area contributed by atoms with Gasteiger partial charge in [0, 0.05) is 36.7 Å². The topological polar surface area (TPSA) is 32.3 Å². The summed E-state index contributed by atoms with van der Waals surface area (Å²) >= 11 is 1.58. The van der Waals surface area contributed by atoms with Gasteiger partial charge in [-0.3, -0.25) is 4.79 Å². The number of hydrogen-bond donors (Lipinski definition) is 1. The smallest absolute Gasteiger partial charge is 0.226 e. The summed E-state index contributed by atoms with van der Waals surface area (Å²) in [5, 5.41) is 3.02. The average Bonchev–Trinajstić information content (AvgIpc) is 2.42. The van der Waals surface area contributed by atoms with Crippen molar-refractivity contribution in [3.8, 4) is 0 Å². The Morgan fingerprint density at radius 3 is 2.55 bits per heavy atom. The summed E-state index contributed by atoms with van der Waals surface area (Å²) < 4.78 is 12.8. The summed E-state index contributed by atoms with van der Waals surface area (Å²) in [6.45, 7) is 3.43. The monoisotopic (exact) mass is 320 g/mol. The van der Waals surface area contributed by atoms with E-state index in [1.54, 1.807) is 28.8 Å². The summed E-state index contributed by atoms with van der Waals surface area (Å²) in [6, 6.07) is 6.35. The number of benzene rings is 1. The van der Waals surface area contributed by atoms with Gasteiger partial charge in [0.15, 0.2) is 0 Å². The van der Waals surface area contributed by atoms with Crippen LogP contribution in [0.5, 0.6) is 0 Å². The van der Waals surface area contributed by atoms with E-state index in [2.05, 4.69) is 5.32 Å². The van der Waals surface area contributed by atoms with Crippen LogP contribution in [0.3, 0.4) is 0 Å². The standard InChI is InChI=1S/C14H21FN2OS.ClH/c1-11(14(18)17(3)9-8-16-2)10-19-13-6-4-12(15)5-7-13;/h4-7,11,16H,8-10H2,1-3H3;1H. The molecule has 20 heavy (non-hydrogen) atoms. The molecule has 0 aliphatic heterocycles. The van der Waals surface area contributed by atoms with Gasteiger partial charge in [-0.05, 0) is 31.3 Å². The van der Waals surface area contributed by atoms with Gasteiger partial charge in [0.2, 0.25) is 5.91 Å². The highest BCUT2D eigenvalue weighted by Gasteiger charge is 2.17. The molecule has 0 saturated carbocycles. The summed E-state index contributed by atoms with van der Waals surface area (Å²) in [5.74, 6) is 0.566. The van der Waals surface area contributed by atoms with Crippen molar-refractivity contribution in [2.45, 2.75) is 11.8 Å². The fraction of sp³-hybridized carbons (Fsp3) is 0.500. The van der Waals surface area contributed by atoms with Crippen molar-refractivity contribution < 1.29 is 9.18 Å². The molecule has 1 amide bonds. The Hall–Kier alpha value is -0.780. The number of nitrogens with zero attached hydrogens (tertiary/aromatic N) is 1. The Labute approximate surface area is 130 Å². The molecule has 114 valence electrons. The largest absolute Gasteiger partial charge is 0.344 e. The van der Waals surface area contributed by atoms with E-state index in [-0.39, 0.29) is 30.0 Å². The van der Waals surface area contributed by atoms with E-state index in [0.29, 0.717) is 12.3 Å². The molecular weight excluding hydrogens is 299 g/mol. The van der Waals surface area contributed by atoms with Crippen LogP contribution in [0, 0.1) is 11.7 Å². The number of hydrogen-bond acceptors (Lipinski definition) is 3. The Morgan fingerprint density at radius 1 is 1.40 bits per heavy atom. The van der Waals surface area contributed by atoms with Crippen LogP contribution in [-0.4, -0.2) is 43.7 Å². The summed E-state index contributed by atoms with van der Waals surface area (Å²) in [7, 11) is 3.69. The van der Waals surface area contributed by atoms with Crippen LogP contribution in [0.25, 0.3) is 0 Å². The molecule has 3 nitrogen and oxygen atoms in total. The molecule has 6 heteroatoms. The van der Waals surface area contributed by atoms with E-state index in [4.69, 9.17) is 0 Å². The molecule has 0 fully saturated rings. The second-order valence-corrected chi connectivity index (χ2v) is 5.62. The third-order valence-electron chi connectivity index (χ3n) is 2.81. The first-order chi connectivity index (χ1) is 9.04. The van der Waals surface area contributed by atoms with E-state index in [9.17, 15) is 9.18 Å². The number of carbonyl (C=O) groups is 1. The van der Waals surface area contributed by atoms with Crippen molar-refractivity contribution >= 4 is 30.1 Å². The first-order valence-electron chi connectivity index (χ1n) is 6.32. The quantitative estimate of drug-likeness (QED) is 0.784. The molecule has 0 aliphatic carbocycles. The molecule has 1 N–H and O–H groups in total. The molecule has 1 atom stereocenters. The van der Waals surface area contributed by atoms with Crippen molar-refractivity contribution in [3.63, 3.8) is 0 Å². The molecule has 1 rings (SSSR count). The zero-order valence-electron chi connectivity index (χ0n) is 12.1. The SMILES string of the molecule is CNCCN(C)C(=O)C(C)CSc1ccc(F)cc1.Cl. The highest BCUT2D eigenvalue weighted by molar-refractivity contribution is 7.99. The van der Waals surface area contributed by atoms with E-state index in [1.165, 1.54) is 12.1 Å². The molecule has 0 radical (unpaired) electrons. The predicted octanol–water partition coefficient (Wildman–Crippen LogP) is 2.65. The first-order valence-corrected chi connectivity index (χ1v) is 7.31. The molecule has 1 unspecified atom stereocenters. The summed E-state index contributed by atoms with van der Waals surface area (Å²) in [6.07, 6.45) is 0. The maximum Gasteiger partial charge on any atom is 0.226 e. The highest BCUT2D eigenvalue weighted by Crippen LogP contribution is 2.21. The Kier molecular flexibility index (Phi) is 9.63. The molecule has 0 saturated heterocycles. The lowest BCUT2D eigenvalue weighted by Gasteiger charge is -2.21. The lowest BCUT2D eigenvalue weighted by Crippen LogP contribution is -2.36. The second-order valence-electron chi connectivity index (χ2n) is 4.53. The first kappa shape index (κ1) is 19.2. The van der Waals surface area contributed by atoms with Crippen LogP contribution in [0.15, 0.2) is 29.2 Å². The maximum atomic E-state index is 12.8. The van der Waals surface area contributed by atoms with Crippen molar-refractivity contribution in [1.29, 1.82) is 0 Å². The molecule has 1 aromatic carbocycles. The fourth-order valence-electron chi connectivity index (χ4n) is 1.59. The fourth-order valence-corrected chi connectivity index (χ4v) is 2.50. The lowest BCUT2D eigenvalue weighted by molar-refractivity contribution is -0.132. The Morgan fingerprint density at radius 2 is 2.00 bits per heavy atom. The molecule has 0 bridgehead atoms. The zero-order chi connectivity index (χ0) is 14.3. The molecule has 0 heterocycles. The minimum Gasteiger partial charge on any atom is -0.344 e. The van der Waals surface area contributed by atoms with Crippen LogP contribution < -0.4 is 5.32 Å². The minimum atomic E-state index is -0.236. The van der Waals surface area contributed by atoms with Gasteiger partial charge < -0.3 is 10.2 Å². The van der Waals surface area contributed by atoms with Gasteiger partial charge in [0.25, 0.3) is 0 Å². The Bertz CT molecular complexity index is 403. The number of halogens is 2. The molecule has 1 aromatic rings. The number of thioether (sulfide) groups is 1. The van der Waals surface area contributed by atoms with Gasteiger partial charge >= 0.3 is 0 Å². The molecule has 0 aliphatic rings.